The van der Waals surface area contributed by atoms with Crippen LogP contribution in [0.3, 0.4) is 0 Å². The van der Waals surface area contributed by atoms with Gasteiger partial charge in [-0.15, -0.1) is 0 Å². The highest BCUT2D eigenvalue weighted by Gasteiger charge is 2.22. The number of rotatable bonds is 4. The molecule has 0 aromatic carbocycles. The zero-order valence-electron chi connectivity index (χ0n) is 9.74. The molecule has 1 atom stereocenters. The smallest absolute Gasteiger partial charge is 0.310 e. The van der Waals surface area contributed by atoms with Gasteiger partial charge in [-0.3, -0.25) is 9.48 Å². The van der Waals surface area contributed by atoms with Gasteiger partial charge in [0.1, 0.15) is 0 Å². The summed E-state index contributed by atoms with van der Waals surface area (Å²) >= 11 is 0. The lowest BCUT2D eigenvalue weighted by Gasteiger charge is -2.07. The number of aliphatic carboxylic acids is 1. The first kappa shape index (κ1) is 11.8. The van der Waals surface area contributed by atoms with Crippen LogP contribution in [0.1, 0.15) is 43.1 Å². The minimum atomic E-state index is -0.794. The van der Waals surface area contributed by atoms with E-state index in [0.29, 0.717) is 0 Å². The largest absolute Gasteiger partial charge is 0.481 e. The molecule has 1 aromatic heterocycles. The quantitative estimate of drug-likeness (QED) is 0.828. The van der Waals surface area contributed by atoms with Crippen LogP contribution in [0.15, 0.2) is 0 Å². The van der Waals surface area contributed by atoms with Crippen LogP contribution >= 0.6 is 0 Å². The fourth-order valence-corrected chi connectivity index (χ4v) is 1.89. The molecule has 0 radical (unpaired) electrons. The van der Waals surface area contributed by atoms with Gasteiger partial charge in [0.25, 0.3) is 0 Å². The van der Waals surface area contributed by atoms with Gasteiger partial charge in [-0.25, -0.2) is 0 Å². The molecule has 4 nitrogen and oxygen atoms in total. The van der Waals surface area contributed by atoms with Crippen LogP contribution in [0, 0.1) is 13.8 Å². The normalized spacial score (nSPS) is 12.8. The molecule has 0 saturated heterocycles. The van der Waals surface area contributed by atoms with Gasteiger partial charge < -0.3 is 5.11 Å². The van der Waals surface area contributed by atoms with Crippen molar-refractivity contribution in [3.05, 3.63) is 17.0 Å². The van der Waals surface area contributed by atoms with Crippen LogP contribution in [0.2, 0.25) is 0 Å². The zero-order valence-corrected chi connectivity index (χ0v) is 9.74. The summed E-state index contributed by atoms with van der Waals surface area (Å²) in [4.78, 5) is 10.9. The number of carboxylic acid groups (broad SMARTS) is 1. The van der Waals surface area contributed by atoms with Crippen LogP contribution in [0.5, 0.6) is 0 Å². The second-order valence-electron chi connectivity index (χ2n) is 3.87. The van der Waals surface area contributed by atoms with Crippen molar-refractivity contribution in [2.75, 3.05) is 0 Å². The fraction of sp³-hybridized carbons (Fsp3) is 0.636. The molecule has 15 heavy (non-hydrogen) atoms. The molecule has 1 rings (SSSR count). The molecule has 0 spiro atoms. The molecule has 0 fully saturated rings. The van der Waals surface area contributed by atoms with Crippen molar-refractivity contribution in [2.45, 2.75) is 46.6 Å². The Balaban J connectivity index is 3.12. The lowest BCUT2D eigenvalue weighted by atomic mass is 9.99. The van der Waals surface area contributed by atoms with Crippen LogP contribution in [0.25, 0.3) is 0 Å². The van der Waals surface area contributed by atoms with E-state index in [-0.39, 0.29) is 0 Å². The molecule has 1 unspecified atom stereocenters. The molecular formula is C11H18N2O2. The van der Waals surface area contributed by atoms with E-state index in [1.54, 1.807) is 6.92 Å². The van der Waals surface area contributed by atoms with E-state index in [1.807, 2.05) is 18.5 Å². The van der Waals surface area contributed by atoms with Crippen molar-refractivity contribution in [1.29, 1.82) is 0 Å². The average molecular weight is 210 g/mol. The summed E-state index contributed by atoms with van der Waals surface area (Å²) in [5.41, 5.74) is 2.66. The van der Waals surface area contributed by atoms with E-state index >= 15 is 0 Å². The molecule has 1 heterocycles. The Labute approximate surface area is 89.9 Å². The lowest BCUT2D eigenvalue weighted by Crippen LogP contribution is -2.10. The Bertz CT molecular complexity index is 369. The molecule has 84 valence electrons. The van der Waals surface area contributed by atoms with Crippen molar-refractivity contribution in [3.8, 4) is 0 Å². The highest BCUT2D eigenvalue weighted by molar-refractivity contribution is 5.76. The topological polar surface area (TPSA) is 55.1 Å². The number of nitrogens with zero attached hydrogens (tertiary/aromatic N) is 2. The third-order valence-corrected chi connectivity index (χ3v) is 2.68. The highest BCUT2D eigenvalue weighted by atomic mass is 16.4. The number of aromatic nitrogens is 2. The SMILES string of the molecule is CCCn1nc(C)c(C(C)C(=O)O)c1C. The first-order valence-corrected chi connectivity index (χ1v) is 5.25. The van der Waals surface area contributed by atoms with Gasteiger partial charge in [-0.2, -0.15) is 5.10 Å². The molecule has 0 aliphatic heterocycles. The third-order valence-electron chi connectivity index (χ3n) is 2.68. The minimum Gasteiger partial charge on any atom is -0.481 e. The van der Waals surface area contributed by atoms with Crippen molar-refractivity contribution in [2.24, 2.45) is 0 Å². The predicted molar refractivity (Wildman–Crippen MR) is 58.0 cm³/mol. The molecule has 0 bridgehead atoms. The monoisotopic (exact) mass is 210 g/mol. The molecule has 4 heteroatoms. The predicted octanol–water partition coefficient (Wildman–Crippen LogP) is 2.10. The second-order valence-corrected chi connectivity index (χ2v) is 3.87. The fourth-order valence-electron chi connectivity index (χ4n) is 1.89. The molecule has 1 N–H and O–H groups in total. The number of carbonyl (C=O) groups is 1. The van der Waals surface area contributed by atoms with E-state index in [1.165, 1.54) is 0 Å². The summed E-state index contributed by atoms with van der Waals surface area (Å²) in [6, 6.07) is 0. The van der Waals surface area contributed by atoms with E-state index in [2.05, 4.69) is 12.0 Å². The number of hydrogen-bond donors (Lipinski definition) is 1. The van der Waals surface area contributed by atoms with E-state index in [0.717, 1.165) is 29.9 Å². The summed E-state index contributed by atoms with van der Waals surface area (Å²) < 4.78 is 1.89. The Kier molecular flexibility index (Phi) is 3.50. The lowest BCUT2D eigenvalue weighted by molar-refractivity contribution is -0.138. The first-order valence-electron chi connectivity index (χ1n) is 5.25. The Morgan fingerprint density at radius 1 is 1.53 bits per heavy atom. The number of aryl methyl sites for hydroxylation is 2. The van der Waals surface area contributed by atoms with E-state index in [9.17, 15) is 4.79 Å². The van der Waals surface area contributed by atoms with E-state index in [4.69, 9.17) is 5.11 Å². The molecular weight excluding hydrogens is 192 g/mol. The molecule has 0 aliphatic carbocycles. The van der Waals surface area contributed by atoms with Gasteiger partial charge in [-0.05, 0) is 27.2 Å². The van der Waals surface area contributed by atoms with Crippen molar-refractivity contribution >= 4 is 5.97 Å². The van der Waals surface area contributed by atoms with Gasteiger partial charge in [0.2, 0.25) is 0 Å². The Morgan fingerprint density at radius 3 is 2.60 bits per heavy atom. The highest BCUT2D eigenvalue weighted by Crippen LogP contribution is 2.23. The summed E-state index contributed by atoms with van der Waals surface area (Å²) in [5.74, 6) is -1.27. The van der Waals surface area contributed by atoms with Gasteiger partial charge in [-0.1, -0.05) is 6.92 Å². The van der Waals surface area contributed by atoms with Gasteiger partial charge in [0.05, 0.1) is 11.6 Å². The maximum atomic E-state index is 10.9. The van der Waals surface area contributed by atoms with Crippen LogP contribution < -0.4 is 0 Å². The molecule has 0 amide bonds. The summed E-state index contributed by atoms with van der Waals surface area (Å²) in [6.07, 6.45) is 1.00. The third kappa shape index (κ3) is 2.19. The molecule has 0 saturated carbocycles. The number of hydrogen-bond acceptors (Lipinski definition) is 2. The van der Waals surface area contributed by atoms with Gasteiger partial charge in [0.15, 0.2) is 0 Å². The zero-order chi connectivity index (χ0) is 11.6. The van der Waals surface area contributed by atoms with Crippen LogP contribution in [-0.2, 0) is 11.3 Å². The standard InChI is InChI=1S/C11H18N2O2/c1-5-6-13-9(4)10(8(3)12-13)7(2)11(14)15/h7H,5-6H2,1-4H3,(H,14,15). The number of carboxylic acids is 1. The maximum absolute atomic E-state index is 10.9. The second kappa shape index (κ2) is 4.47. The van der Waals surface area contributed by atoms with Crippen molar-refractivity contribution < 1.29 is 9.90 Å². The molecule has 0 aliphatic rings. The summed E-state index contributed by atoms with van der Waals surface area (Å²) in [5, 5.41) is 13.3. The van der Waals surface area contributed by atoms with Crippen LogP contribution in [0.4, 0.5) is 0 Å². The minimum absolute atomic E-state index is 0.476. The van der Waals surface area contributed by atoms with Crippen molar-refractivity contribution in [1.82, 2.24) is 9.78 Å². The van der Waals surface area contributed by atoms with Gasteiger partial charge in [0, 0.05) is 17.8 Å². The van der Waals surface area contributed by atoms with Crippen molar-refractivity contribution in [3.63, 3.8) is 0 Å². The Hall–Kier alpha value is -1.32. The van der Waals surface area contributed by atoms with E-state index < -0.39 is 11.9 Å². The van der Waals surface area contributed by atoms with Crippen LogP contribution in [-0.4, -0.2) is 20.9 Å². The van der Waals surface area contributed by atoms with Gasteiger partial charge >= 0.3 is 5.97 Å². The first-order chi connectivity index (χ1) is 6.99. The Morgan fingerprint density at radius 2 is 2.13 bits per heavy atom. The summed E-state index contributed by atoms with van der Waals surface area (Å²) in [6.45, 7) is 8.43. The summed E-state index contributed by atoms with van der Waals surface area (Å²) in [7, 11) is 0. The maximum Gasteiger partial charge on any atom is 0.310 e. The molecule has 1 aromatic rings. The average Bonchev–Trinajstić information content (AvgIpc) is 2.42.